The summed E-state index contributed by atoms with van der Waals surface area (Å²) in [6.45, 7) is 2.10. The van der Waals surface area contributed by atoms with E-state index in [1.165, 1.54) is 11.8 Å². The third-order valence-electron chi connectivity index (χ3n) is 1.71. The molecule has 1 fully saturated rings. The number of rotatable bonds is 2. The maximum atomic E-state index is 10.6. The van der Waals surface area contributed by atoms with Crippen molar-refractivity contribution >= 4 is 11.9 Å². The van der Waals surface area contributed by atoms with Crippen molar-refractivity contribution in [3.05, 3.63) is 0 Å². The van der Waals surface area contributed by atoms with Gasteiger partial charge in [0.2, 0.25) is 5.91 Å². The summed E-state index contributed by atoms with van der Waals surface area (Å²) in [7, 11) is 0. The zero-order valence-corrected chi connectivity index (χ0v) is 5.70. The molecule has 1 aliphatic rings. The molecule has 1 unspecified atom stereocenters. The van der Waals surface area contributed by atoms with Crippen molar-refractivity contribution in [3.63, 3.8) is 0 Å². The molecule has 0 aromatic carbocycles. The monoisotopic (exact) mass is 143 g/mol. The minimum atomic E-state index is -0.937. The summed E-state index contributed by atoms with van der Waals surface area (Å²) in [4.78, 5) is 22.3. The molecule has 0 spiro atoms. The van der Waals surface area contributed by atoms with Crippen molar-refractivity contribution < 1.29 is 14.7 Å². The van der Waals surface area contributed by atoms with Gasteiger partial charge >= 0.3 is 5.97 Å². The fourth-order valence-electron chi connectivity index (χ4n) is 0.875. The van der Waals surface area contributed by atoms with Crippen LogP contribution in [0.1, 0.15) is 13.3 Å². The molecule has 1 atom stereocenters. The number of carboxylic acids is 1. The quantitative estimate of drug-likeness (QED) is 0.539. The van der Waals surface area contributed by atoms with Crippen molar-refractivity contribution in [2.45, 2.75) is 19.4 Å². The van der Waals surface area contributed by atoms with E-state index in [1.54, 1.807) is 0 Å². The Bertz CT molecular complexity index is 170. The van der Waals surface area contributed by atoms with Crippen molar-refractivity contribution in [1.82, 2.24) is 4.90 Å². The van der Waals surface area contributed by atoms with Gasteiger partial charge in [-0.15, -0.1) is 0 Å². The van der Waals surface area contributed by atoms with Gasteiger partial charge in [0.25, 0.3) is 0 Å². The lowest BCUT2D eigenvalue weighted by molar-refractivity contribution is -0.155. The number of β-lactam (4-membered cyclic amide) rings is 1. The Morgan fingerprint density at radius 3 is 2.50 bits per heavy atom. The molecule has 0 aromatic rings. The Balaban J connectivity index is 2.49. The van der Waals surface area contributed by atoms with Crippen LogP contribution in [0.3, 0.4) is 0 Å². The molecule has 10 heavy (non-hydrogen) atoms. The SMILES string of the molecule is CC(C(=O)O)N1CCC1=O. The van der Waals surface area contributed by atoms with Crippen LogP contribution < -0.4 is 0 Å². The van der Waals surface area contributed by atoms with Crippen LogP contribution in [0.25, 0.3) is 0 Å². The Morgan fingerprint density at radius 2 is 2.40 bits per heavy atom. The highest BCUT2D eigenvalue weighted by atomic mass is 16.4. The first kappa shape index (κ1) is 7.05. The van der Waals surface area contributed by atoms with Gasteiger partial charge in [-0.2, -0.15) is 0 Å². The van der Waals surface area contributed by atoms with Crippen molar-refractivity contribution in [2.24, 2.45) is 0 Å². The van der Waals surface area contributed by atoms with E-state index in [1.807, 2.05) is 0 Å². The predicted molar refractivity (Wildman–Crippen MR) is 33.4 cm³/mol. The highest BCUT2D eigenvalue weighted by molar-refractivity contribution is 5.87. The number of hydrogen-bond acceptors (Lipinski definition) is 2. The fraction of sp³-hybridized carbons (Fsp3) is 0.667. The Labute approximate surface area is 58.4 Å². The molecule has 0 bridgehead atoms. The molecule has 0 aromatic heterocycles. The third kappa shape index (κ3) is 0.964. The van der Waals surface area contributed by atoms with Crippen molar-refractivity contribution in [3.8, 4) is 0 Å². The molecule has 1 heterocycles. The average molecular weight is 143 g/mol. The van der Waals surface area contributed by atoms with E-state index in [2.05, 4.69) is 0 Å². The van der Waals surface area contributed by atoms with Gasteiger partial charge in [-0.3, -0.25) is 4.79 Å². The molecular weight excluding hydrogens is 134 g/mol. The summed E-state index contributed by atoms with van der Waals surface area (Å²) in [5.74, 6) is -0.997. The molecule has 1 aliphatic heterocycles. The zero-order chi connectivity index (χ0) is 7.72. The molecule has 56 valence electrons. The second-order valence-electron chi connectivity index (χ2n) is 2.35. The van der Waals surface area contributed by atoms with E-state index in [9.17, 15) is 9.59 Å². The van der Waals surface area contributed by atoms with E-state index in [-0.39, 0.29) is 5.91 Å². The van der Waals surface area contributed by atoms with Crippen LogP contribution in [0.4, 0.5) is 0 Å². The number of amides is 1. The second-order valence-corrected chi connectivity index (χ2v) is 2.35. The lowest BCUT2D eigenvalue weighted by atomic mass is 10.1. The van der Waals surface area contributed by atoms with Crippen LogP contribution in [0.2, 0.25) is 0 Å². The third-order valence-corrected chi connectivity index (χ3v) is 1.71. The van der Waals surface area contributed by atoms with Crippen LogP contribution >= 0.6 is 0 Å². The highest BCUT2D eigenvalue weighted by Gasteiger charge is 2.31. The van der Waals surface area contributed by atoms with Gasteiger partial charge < -0.3 is 10.0 Å². The summed E-state index contributed by atoms with van der Waals surface area (Å²) in [5.41, 5.74) is 0. The Hall–Kier alpha value is -1.06. The molecule has 0 radical (unpaired) electrons. The predicted octanol–water partition coefficient (Wildman–Crippen LogP) is -0.308. The number of aliphatic carboxylic acids is 1. The summed E-state index contributed by atoms with van der Waals surface area (Å²) in [6.07, 6.45) is 0.498. The lowest BCUT2D eigenvalue weighted by Crippen LogP contribution is -2.51. The van der Waals surface area contributed by atoms with Crippen LogP contribution in [0.5, 0.6) is 0 Å². The molecule has 0 saturated carbocycles. The number of likely N-dealkylation sites (tertiary alicyclic amines) is 1. The Kier molecular flexibility index (Phi) is 1.61. The largest absolute Gasteiger partial charge is 0.480 e. The molecule has 4 heteroatoms. The van der Waals surface area contributed by atoms with E-state index in [0.717, 1.165) is 0 Å². The first-order valence-corrected chi connectivity index (χ1v) is 3.15. The first-order chi connectivity index (χ1) is 4.63. The van der Waals surface area contributed by atoms with Gasteiger partial charge in [-0.25, -0.2) is 4.79 Å². The lowest BCUT2D eigenvalue weighted by Gasteiger charge is -2.33. The van der Waals surface area contributed by atoms with Gasteiger partial charge in [0.1, 0.15) is 6.04 Å². The van der Waals surface area contributed by atoms with Gasteiger partial charge in [0.15, 0.2) is 0 Å². The topological polar surface area (TPSA) is 57.6 Å². The molecule has 1 N–H and O–H groups in total. The molecule has 1 amide bonds. The van der Waals surface area contributed by atoms with Crippen molar-refractivity contribution in [1.29, 1.82) is 0 Å². The van der Waals surface area contributed by atoms with Crippen LogP contribution in [-0.4, -0.2) is 34.5 Å². The Morgan fingerprint density at radius 1 is 1.80 bits per heavy atom. The zero-order valence-electron chi connectivity index (χ0n) is 5.70. The molecule has 0 aliphatic carbocycles. The first-order valence-electron chi connectivity index (χ1n) is 3.15. The summed E-state index contributed by atoms with van der Waals surface area (Å²) in [6, 6.07) is -0.652. The summed E-state index contributed by atoms with van der Waals surface area (Å²) in [5, 5.41) is 8.44. The molecule has 1 saturated heterocycles. The maximum Gasteiger partial charge on any atom is 0.326 e. The smallest absolute Gasteiger partial charge is 0.326 e. The van der Waals surface area contributed by atoms with Gasteiger partial charge in [-0.05, 0) is 6.92 Å². The number of carbonyl (C=O) groups excluding carboxylic acids is 1. The normalized spacial score (nSPS) is 20.1. The highest BCUT2D eigenvalue weighted by Crippen LogP contribution is 2.12. The number of hydrogen-bond donors (Lipinski definition) is 1. The van der Waals surface area contributed by atoms with Gasteiger partial charge in [0.05, 0.1) is 0 Å². The second kappa shape index (κ2) is 2.28. The van der Waals surface area contributed by atoms with Crippen LogP contribution in [0, 0.1) is 0 Å². The molecule has 4 nitrogen and oxygen atoms in total. The van der Waals surface area contributed by atoms with Gasteiger partial charge in [0, 0.05) is 13.0 Å². The van der Waals surface area contributed by atoms with Crippen molar-refractivity contribution in [2.75, 3.05) is 6.54 Å². The fourth-order valence-corrected chi connectivity index (χ4v) is 0.875. The van der Waals surface area contributed by atoms with Gasteiger partial charge in [-0.1, -0.05) is 0 Å². The van der Waals surface area contributed by atoms with E-state index >= 15 is 0 Å². The molecular formula is C6H9NO3. The summed E-state index contributed by atoms with van der Waals surface area (Å²) < 4.78 is 0. The standard InChI is InChI=1S/C6H9NO3/c1-4(6(9)10)7-3-2-5(7)8/h4H,2-3H2,1H3,(H,9,10). The number of nitrogens with zero attached hydrogens (tertiary/aromatic N) is 1. The summed E-state index contributed by atoms with van der Waals surface area (Å²) >= 11 is 0. The van der Waals surface area contributed by atoms with E-state index in [4.69, 9.17) is 5.11 Å². The molecule has 1 rings (SSSR count). The van der Waals surface area contributed by atoms with E-state index in [0.29, 0.717) is 13.0 Å². The maximum absolute atomic E-state index is 10.6. The minimum absolute atomic E-state index is 0.0603. The minimum Gasteiger partial charge on any atom is -0.480 e. The van der Waals surface area contributed by atoms with E-state index < -0.39 is 12.0 Å². The van der Waals surface area contributed by atoms with Crippen LogP contribution in [-0.2, 0) is 9.59 Å². The number of carbonyl (C=O) groups is 2. The number of carboxylic acid groups (broad SMARTS) is 1. The van der Waals surface area contributed by atoms with Crippen LogP contribution in [0.15, 0.2) is 0 Å². The average Bonchev–Trinajstić information content (AvgIpc) is 1.84.